The van der Waals surface area contributed by atoms with E-state index >= 15 is 0 Å². The maximum absolute atomic E-state index is 14.2. The molecule has 1 aliphatic rings. The first-order chi connectivity index (χ1) is 10.1. The van der Waals surface area contributed by atoms with E-state index in [4.69, 9.17) is 16.2 Å². The van der Waals surface area contributed by atoms with Crippen LogP contribution in [0.5, 0.6) is 0 Å². The van der Waals surface area contributed by atoms with Gasteiger partial charge in [-0.3, -0.25) is 9.69 Å². The molecule has 0 aliphatic carbocycles. The highest BCUT2D eigenvalue weighted by molar-refractivity contribution is 5.80. The molecule has 0 bridgehead atoms. The quantitative estimate of drug-likeness (QED) is 0.841. The largest absolute Gasteiger partial charge is 0.378 e. The van der Waals surface area contributed by atoms with Crippen molar-refractivity contribution in [3.63, 3.8) is 0 Å². The number of carbonyl (C=O) groups excluding carboxylic acids is 1. The average molecular weight is 295 g/mol. The van der Waals surface area contributed by atoms with Crippen LogP contribution in [0.4, 0.5) is 4.39 Å². The van der Waals surface area contributed by atoms with Gasteiger partial charge < -0.3 is 16.2 Å². The maximum Gasteiger partial charge on any atom is 0.237 e. The van der Waals surface area contributed by atoms with Crippen molar-refractivity contribution in [3.05, 3.63) is 35.6 Å². The molecule has 0 radical (unpaired) electrons. The van der Waals surface area contributed by atoms with E-state index < -0.39 is 18.0 Å². The minimum Gasteiger partial charge on any atom is -0.378 e. The Labute approximate surface area is 124 Å². The predicted molar refractivity (Wildman–Crippen MR) is 77.9 cm³/mol. The summed E-state index contributed by atoms with van der Waals surface area (Å²) in [4.78, 5) is 13.5. The van der Waals surface area contributed by atoms with Crippen LogP contribution < -0.4 is 11.5 Å². The fourth-order valence-corrected chi connectivity index (χ4v) is 2.79. The summed E-state index contributed by atoms with van der Waals surface area (Å²) in [5.41, 5.74) is 12.2. The zero-order valence-electron chi connectivity index (χ0n) is 12.2. The van der Waals surface area contributed by atoms with Gasteiger partial charge in [0.25, 0.3) is 0 Å². The van der Waals surface area contributed by atoms with E-state index in [0.29, 0.717) is 25.1 Å². The van der Waals surface area contributed by atoms with Crippen LogP contribution in [-0.4, -0.2) is 42.6 Å². The van der Waals surface area contributed by atoms with Crippen molar-refractivity contribution < 1.29 is 13.9 Å². The number of nitrogens with two attached hydrogens (primary N) is 2. The lowest BCUT2D eigenvalue weighted by Gasteiger charge is -2.42. The molecule has 1 aliphatic heterocycles. The molecule has 1 fully saturated rings. The number of benzene rings is 1. The van der Waals surface area contributed by atoms with Crippen LogP contribution in [0.25, 0.3) is 0 Å². The minimum atomic E-state index is -0.582. The Balaban J connectivity index is 2.39. The lowest BCUT2D eigenvalue weighted by atomic mass is 9.94. The number of ether oxygens (including phenoxy) is 1. The summed E-state index contributed by atoms with van der Waals surface area (Å²) in [6, 6.07) is 5.26. The molecule has 1 amide bonds. The number of amides is 1. The Kier molecular flexibility index (Phi) is 5.27. The standard InChI is InChI=1S/C15H22FN3O2/c1-2-12(17)14(10-5-3-4-6-11(10)16)19-7-8-21-9-13(19)15(18)20/h3-6,12-14H,2,7-9,17H2,1H3,(H2,18,20). The third kappa shape index (κ3) is 3.40. The highest BCUT2D eigenvalue weighted by Gasteiger charge is 2.37. The molecular formula is C15H22FN3O2. The highest BCUT2D eigenvalue weighted by Crippen LogP contribution is 2.30. The van der Waals surface area contributed by atoms with E-state index in [1.807, 2.05) is 11.8 Å². The number of halogens is 1. The molecule has 6 heteroatoms. The van der Waals surface area contributed by atoms with Gasteiger partial charge in [0.05, 0.1) is 19.3 Å². The number of nitrogens with zero attached hydrogens (tertiary/aromatic N) is 1. The maximum atomic E-state index is 14.2. The van der Waals surface area contributed by atoms with Crippen LogP contribution >= 0.6 is 0 Å². The third-order valence-corrected chi connectivity index (χ3v) is 3.96. The number of rotatable bonds is 5. The summed E-state index contributed by atoms with van der Waals surface area (Å²) < 4.78 is 19.5. The molecule has 0 saturated carbocycles. The molecule has 1 saturated heterocycles. The predicted octanol–water partition coefficient (Wildman–Crippen LogP) is 0.790. The highest BCUT2D eigenvalue weighted by atomic mass is 19.1. The van der Waals surface area contributed by atoms with Crippen molar-refractivity contribution >= 4 is 5.91 Å². The first-order valence-electron chi connectivity index (χ1n) is 7.19. The van der Waals surface area contributed by atoms with Gasteiger partial charge in [0.15, 0.2) is 0 Å². The van der Waals surface area contributed by atoms with Crippen molar-refractivity contribution in [3.8, 4) is 0 Å². The van der Waals surface area contributed by atoms with Crippen LogP contribution in [0.15, 0.2) is 24.3 Å². The molecule has 3 atom stereocenters. The summed E-state index contributed by atoms with van der Waals surface area (Å²) in [5.74, 6) is -0.791. The summed E-state index contributed by atoms with van der Waals surface area (Å²) >= 11 is 0. The summed E-state index contributed by atoms with van der Waals surface area (Å²) in [6.07, 6.45) is 0.668. The van der Waals surface area contributed by atoms with E-state index in [2.05, 4.69) is 0 Å². The first-order valence-corrected chi connectivity index (χ1v) is 7.19. The molecule has 0 spiro atoms. The normalized spacial score (nSPS) is 22.7. The van der Waals surface area contributed by atoms with Gasteiger partial charge in [-0.2, -0.15) is 0 Å². The first kappa shape index (κ1) is 15.9. The zero-order valence-corrected chi connectivity index (χ0v) is 12.2. The number of primary amides is 1. The van der Waals surface area contributed by atoms with Gasteiger partial charge in [0.2, 0.25) is 5.91 Å². The van der Waals surface area contributed by atoms with Gasteiger partial charge in [-0.15, -0.1) is 0 Å². The molecule has 5 nitrogen and oxygen atoms in total. The van der Waals surface area contributed by atoms with E-state index in [9.17, 15) is 9.18 Å². The second-order valence-electron chi connectivity index (χ2n) is 5.27. The summed E-state index contributed by atoms with van der Waals surface area (Å²) in [7, 11) is 0. The summed E-state index contributed by atoms with van der Waals surface area (Å²) in [5, 5.41) is 0. The molecule has 0 aromatic heterocycles. The van der Waals surface area contributed by atoms with Crippen molar-refractivity contribution in [2.45, 2.75) is 31.5 Å². The van der Waals surface area contributed by atoms with Gasteiger partial charge in [-0.05, 0) is 12.5 Å². The van der Waals surface area contributed by atoms with Crippen molar-refractivity contribution in [2.75, 3.05) is 19.8 Å². The van der Waals surface area contributed by atoms with E-state index in [1.54, 1.807) is 18.2 Å². The van der Waals surface area contributed by atoms with Crippen LogP contribution in [0.3, 0.4) is 0 Å². The Morgan fingerprint density at radius 1 is 1.52 bits per heavy atom. The molecule has 3 unspecified atom stereocenters. The average Bonchev–Trinajstić information content (AvgIpc) is 2.49. The summed E-state index contributed by atoms with van der Waals surface area (Å²) in [6.45, 7) is 3.14. The van der Waals surface area contributed by atoms with Crippen LogP contribution in [0.2, 0.25) is 0 Å². The number of hydrogen-bond donors (Lipinski definition) is 2. The Morgan fingerprint density at radius 2 is 2.24 bits per heavy atom. The van der Waals surface area contributed by atoms with Gasteiger partial charge in [0, 0.05) is 18.2 Å². The van der Waals surface area contributed by atoms with Gasteiger partial charge >= 0.3 is 0 Å². The monoisotopic (exact) mass is 295 g/mol. The van der Waals surface area contributed by atoms with Crippen LogP contribution in [-0.2, 0) is 9.53 Å². The smallest absolute Gasteiger partial charge is 0.237 e. The Hall–Kier alpha value is -1.50. The molecule has 1 aromatic rings. The van der Waals surface area contributed by atoms with Crippen LogP contribution in [0.1, 0.15) is 24.9 Å². The molecule has 2 rings (SSSR count). The van der Waals surface area contributed by atoms with E-state index in [-0.39, 0.29) is 18.5 Å². The fourth-order valence-electron chi connectivity index (χ4n) is 2.79. The third-order valence-electron chi connectivity index (χ3n) is 3.96. The van der Waals surface area contributed by atoms with Gasteiger partial charge in [0.1, 0.15) is 11.9 Å². The van der Waals surface area contributed by atoms with Gasteiger partial charge in [-0.25, -0.2) is 4.39 Å². The second-order valence-corrected chi connectivity index (χ2v) is 5.27. The number of carbonyl (C=O) groups is 1. The van der Waals surface area contributed by atoms with Crippen molar-refractivity contribution in [2.24, 2.45) is 11.5 Å². The molecule has 4 N–H and O–H groups in total. The number of morpholine rings is 1. The SMILES string of the molecule is CCC(N)C(c1ccccc1F)N1CCOCC1C(N)=O. The topological polar surface area (TPSA) is 81.6 Å². The lowest BCUT2D eigenvalue weighted by molar-refractivity contribution is -0.132. The molecular weight excluding hydrogens is 273 g/mol. The molecule has 116 valence electrons. The van der Waals surface area contributed by atoms with E-state index in [0.717, 1.165) is 0 Å². The second kappa shape index (κ2) is 6.98. The zero-order chi connectivity index (χ0) is 15.4. The van der Waals surface area contributed by atoms with Crippen molar-refractivity contribution in [1.82, 2.24) is 4.90 Å². The lowest BCUT2D eigenvalue weighted by Crippen LogP contribution is -2.56. The fraction of sp³-hybridized carbons (Fsp3) is 0.533. The molecule has 1 aromatic carbocycles. The Morgan fingerprint density at radius 3 is 2.86 bits per heavy atom. The number of hydrogen-bond acceptors (Lipinski definition) is 4. The molecule has 21 heavy (non-hydrogen) atoms. The Bertz CT molecular complexity index is 498. The van der Waals surface area contributed by atoms with Crippen LogP contribution in [0, 0.1) is 5.82 Å². The van der Waals surface area contributed by atoms with E-state index in [1.165, 1.54) is 6.07 Å². The minimum absolute atomic E-state index is 0.219. The van der Waals surface area contributed by atoms with Crippen molar-refractivity contribution in [1.29, 1.82) is 0 Å². The van der Waals surface area contributed by atoms with Gasteiger partial charge in [-0.1, -0.05) is 25.1 Å². The molecule has 1 heterocycles.